The van der Waals surface area contributed by atoms with Crippen LogP contribution in [0.25, 0.3) is 0 Å². The van der Waals surface area contributed by atoms with E-state index in [1.165, 1.54) is 0 Å². The van der Waals surface area contributed by atoms with Gasteiger partial charge in [0.15, 0.2) is 5.60 Å². The highest BCUT2D eigenvalue weighted by molar-refractivity contribution is 6.29. The zero-order chi connectivity index (χ0) is 14.6. The number of hydrogen-bond donors (Lipinski definition) is 1. The Morgan fingerprint density at radius 3 is 2.75 bits per heavy atom. The number of piperidine rings is 1. The van der Waals surface area contributed by atoms with E-state index in [1.807, 2.05) is 6.07 Å². The zero-order valence-electron chi connectivity index (χ0n) is 11.5. The minimum absolute atomic E-state index is 0.293. The van der Waals surface area contributed by atoms with Crippen molar-refractivity contribution in [3.63, 3.8) is 0 Å². The molecule has 2 heterocycles. The van der Waals surface area contributed by atoms with Gasteiger partial charge in [-0.15, -0.1) is 0 Å². The molecule has 1 N–H and O–H groups in total. The summed E-state index contributed by atoms with van der Waals surface area (Å²) in [6, 6.07) is 3.69. The summed E-state index contributed by atoms with van der Waals surface area (Å²) < 4.78 is 4.92. The minimum Gasteiger partial charge on any atom is -0.464 e. The van der Waals surface area contributed by atoms with Gasteiger partial charge in [0.25, 0.3) is 0 Å². The lowest BCUT2D eigenvalue weighted by Crippen LogP contribution is -2.49. The topological polar surface area (TPSA) is 62.7 Å². The Hall–Kier alpha value is -1.17. The fourth-order valence-electron chi connectivity index (χ4n) is 2.31. The number of rotatable bonds is 4. The highest BCUT2D eigenvalue weighted by Crippen LogP contribution is 2.24. The van der Waals surface area contributed by atoms with Crippen molar-refractivity contribution in [2.24, 2.45) is 0 Å². The molecule has 1 saturated heterocycles. The van der Waals surface area contributed by atoms with Gasteiger partial charge in [0, 0.05) is 25.8 Å². The van der Waals surface area contributed by atoms with E-state index < -0.39 is 11.6 Å². The van der Waals surface area contributed by atoms with Crippen molar-refractivity contribution in [2.75, 3.05) is 19.7 Å². The van der Waals surface area contributed by atoms with Crippen LogP contribution in [0.4, 0.5) is 0 Å². The fourth-order valence-corrected chi connectivity index (χ4v) is 2.42. The Balaban J connectivity index is 1.88. The number of aromatic nitrogens is 1. The molecule has 1 aromatic rings. The lowest BCUT2D eigenvalue weighted by atomic mass is 9.91. The molecule has 0 saturated carbocycles. The van der Waals surface area contributed by atoms with E-state index in [4.69, 9.17) is 16.3 Å². The maximum atomic E-state index is 11.7. The molecule has 110 valence electrons. The van der Waals surface area contributed by atoms with E-state index in [2.05, 4.69) is 9.88 Å². The van der Waals surface area contributed by atoms with Crippen molar-refractivity contribution in [3.8, 4) is 0 Å². The second-order valence-corrected chi connectivity index (χ2v) is 5.40. The van der Waals surface area contributed by atoms with Crippen molar-refractivity contribution in [1.82, 2.24) is 9.88 Å². The number of carbonyl (C=O) groups excluding carboxylic acids is 1. The first kappa shape index (κ1) is 15.2. The third-order valence-corrected chi connectivity index (χ3v) is 3.76. The molecule has 0 spiro atoms. The van der Waals surface area contributed by atoms with Gasteiger partial charge in [0.1, 0.15) is 5.15 Å². The first-order valence-electron chi connectivity index (χ1n) is 6.76. The third kappa shape index (κ3) is 3.69. The molecule has 20 heavy (non-hydrogen) atoms. The van der Waals surface area contributed by atoms with E-state index in [9.17, 15) is 9.90 Å². The molecule has 0 atom stereocenters. The van der Waals surface area contributed by atoms with Gasteiger partial charge in [-0.3, -0.25) is 4.90 Å². The molecule has 0 unspecified atom stereocenters. The van der Waals surface area contributed by atoms with Crippen LogP contribution in [0.1, 0.15) is 25.3 Å². The van der Waals surface area contributed by atoms with Gasteiger partial charge in [0.2, 0.25) is 0 Å². The Bertz CT molecular complexity index is 456. The second-order valence-electron chi connectivity index (χ2n) is 5.02. The number of esters is 1. The van der Waals surface area contributed by atoms with Crippen LogP contribution in [0, 0.1) is 0 Å². The van der Waals surface area contributed by atoms with Crippen molar-refractivity contribution in [1.29, 1.82) is 0 Å². The average Bonchev–Trinajstić information content (AvgIpc) is 2.44. The molecule has 1 aromatic heterocycles. The van der Waals surface area contributed by atoms with Crippen LogP contribution >= 0.6 is 11.6 Å². The molecule has 0 aromatic carbocycles. The monoisotopic (exact) mass is 298 g/mol. The van der Waals surface area contributed by atoms with E-state index in [1.54, 1.807) is 19.2 Å². The van der Waals surface area contributed by atoms with Crippen molar-refractivity contribution < 1.29 is 14.6 Å². The van der Waals surface area contributed by atoms with E-state index in [0.717, 1.165) is 12.1 Å². The van der Waals surface area contributed by atoms with Crippen LogP contribution in [0.15, 0.2) is 18.3 Å². The smallest absolute Gasteiger partial charge is 0.338 e. The Labute approximate surface area is 123 Å². The van der Waals surface area contributed by atoms with Crippen molar-refractivity contribution >= 4 is 17.6 Å². The summed E-state index contributed by atoms with van der Waals surface area (Å²) in [5.74, 6) is -0.507. The molecular weight excluding hydrogens is 280 g/mol. The predicted molar refractivity (Wildman–Crippen MR) is 75.3 cm³/mol. The number of aliphatic hydroxyl groups is 1. The number of nitrogens with zero attached hydrogens (tertiary/aromatic N) is 2. The number of carbonyl (C=O) groups is 1. The molecule has 1 aliphatic rings. The lowest BCUT2D eigenvalue weighted by molar-refractivity contribution is -0.170. The van der Waals surface area contributed by atoms with Gasteiger partial charge in [-0.2, -0.15) is 0 Å². The standard InChI is InChI=1S/C14H19ClN2O3/c1-2-20-13(18)14(19)5-7-17(8-6-14)10-11-3-4-12(15)16-9-11/h3-4,9,19H,2,5-8,10H2,1H3. The predicted octanol–water partition coefficient (Wildman–Crippen LogP) is 1.62. The Morgan fingerprint density at radius 1 is 1.50 bits per heavy atom. The van der Waals surface area contributed by atoms with Gasteiger partial charge in [0.05, 0.1) is 6.61 Å². The third-order valence-electron chi connectivity index (χ3n) is 3.53. The van der Waals surface area contributed by atoms with Crippen LogP contribution in [-0.2, 0) is 16.1 Å². The van der Waals surface area contributed by atoms with E-state index in [-0.39, 0.29) is 0 Å². The Morgan fingerprint density at radius 2 is 2.20 bits per heavy atom. The summed E-state index contributed by atoms with van der Waals surface area (Å²) in [5, 5.41) is 10.7. The number of pyridine rings is 1. The average molecular weight is 299 g/mol. The van der Waals surface area contributed by atoms with Crippen molar-refractivity contribution in [2.45, 2.75) is 31.9 Å². The lowest BCUT2D eigenvalue weighted by Gasteiger charge is -2.36. The first-order chi connectivity index (χ1) is 9.53. The number of halogens is 1. The highest BCUT2D eigenvalue weighted by atomic mass is 35.5. The van der Waals surface area contributed by atoms with Crippen molar-refractivity contribution in [3.05, 3.63) is 29.0 Å². The largest absolute Gasteiger partial charge is 0.464 e. The molecule has 6 heteroatoms. The van der Waals surface area contributed by atoms with Gasteiger partial charge in [-0.05, 0) is 31.4 Å². The van der Waals surface area contributed by atoms with Gasteiger partial charge >= 0.3 is 5.97 Å². The summed E-state index contributed by atoms with van der Waals surface area (Å²) >= 11 is 5.75. The molecule has 5 nitrogen and oxygen atoms in total. The molecule has 1 aliphatic heterocycles. The fraction of sp³-hybridized carbons (Fsp3) is 0.571. The number of hydrogen-bond acceptors (Lipinski definition) is 5. The van der Waals surface area contributed by atoms with Gasteiger partial charge in [-0.25, -0.2) is 9.78 Å². The van der Waals surface area contributed by atoms with Crippen LogP contribution in [-0.4, -0.2) is 46.3 Å². The maximum absolute atomic E-state index is 11.7. The van der Waals surface area contributed by atoms with Crippen LogP contribution in [0.5, 0.6) is 0 Å². The molecule has 0 radical (unpaired) electrons. The molecular formula is C14H19ClN2O3. The molecule has 0 bridgehead atoms. The number of ether oxygens (including phenoxy) is 1. The van der Waals surface area contributed by atoms with Crippen LogP contribution in [0.3, 0.4) is 0 Å². The highest BCUT2D eigenvalue weighted by Gasteiger charge is 2.40. The normalized spacial score (nSPS) is 18.8. The molecule has 0 amide bonds. The first-order valence-corrected chi connectivity index (χ1v) is 7.14. The van der Waals surface area contributed by atoms with Gasteiger partial charge in [-0.1, -0.05) is 17.7 Å². The Kier molecular flexibility index (Phi) is 4.96. The summed E-state index contributed by atoms with van der Waals surface area (Å²) in [6.45, 7) is 4.07. The molecule has 1 fully saturated rings. The maximum Gasteiger partial charge on any atom is 0.338 e. The quantitative estimate of drug-likeness (QED) is 0.676. The second kappa shape index (κ2) is 6.52. The van der Waals surface area contributed by atoms with Gasteiger partial charge < -0.3 is 9.84 Å². The summed E-state index contributed by atoms with van der Waals surface area (Å²) in [5.41, 5.74) is -0.263. The zero-order valence-corrected chi connectivity index (χ0v) is 12.3. The van der Waals surface area contributed by atoms with Crippen LogP contribution < -0.4 is 0 Å². The van der Waals surface area contributed by atoms with E-state index >= 15 is 0 Å². The summed E-state index contributed by atoms with van der Waals surface area (Å²) in [4.78, 5) is 17.9. The van der Waals surface area contributed by atoms with Crippen LogP contribution in [0.2, 0.25) is 5.15 Å². The molecule has 2 rings (SSSR count). The SMILES string of the molecule is CCOC(=O)C1(O)CCN(Cc2ccc(Cl)nc2)CC1. The summed E-state index contributed by atoms with van der Waals surface area (Å²) in [6.07, 6.45) is 2.54. The summed E-state index contributed by atoms with van der Waals surface area (Å²) in [7, 11) is 0. The molecule has 0 aliphatic carbocycles. The van der Waals surface area contributed by atoms with E-state index in [0.29, 0.717) is 37.7 Å². The minimum atomic E-state index is -1.33. The number of likely N-dealkylation sites (tertiary alicyclic amines) is 1.